The van der Waals surface area contributed by atoms with E-state index in [-0.39, 0.29) is 5.92 Å². The first-order valence-corrected chi connectivity index (χ1v) is 9.36. The van der Waals surface area contributed by atoms with Gasteiger partial charge in [-0.2, -0.15) is 0 Å². The van der Waals surface area contributed by atoms with Crippen molar-refractivity contribution in [3.05, 3.63) is 71.8 Å². The van der Waals surface area contributed by atoms with Crippen molar-refractivity contribution < 1.29 is 5.11 Å². The lowest BCUT2D eigenvalue weighted by Crippen LogP contribution is -2.50. The van der Waals surface area contributed by atoms with Crippen molar-refractivity contribution in [2.75, 3.05) is 13.1 Å². The minimum absolute atomic E-state index is 0.279. The third-order valence-corrected chi connectivity index (χ3v) is 6.09. The summed E-state index contributed by atoms with van der Waals surface area (Å²) in [5.74, 6) is 0.279. The first kappa shape index (κ1) is 15.9. The summed E-state index contributed by atoms with van der Waals surface area (Å²) in [5.41, 5.74) is 1.18. The molecule has 2 aliphatic rings. The molecule has 0 amide bonds. The van der Waals surface area contributed by atoms with Crippen LogP contribution in [0.3, 0.4) is 0 Å². The number of benzene rings is 2. The van der Waals surface area contributed by atoms with Gasteiger partial charge in [0.15, 0.2) is 0 Å². The van der Waals surface area contributed by atoms with Gasteiger partial charge in [-0.15, -0.1) is 0 Å². The molecule has 0 aliphatic carbocycles. The smallest absolute Gasteiger partial charge is 0.117 e. The third-order valence-electron chi connectivity index (χ3n) is 6.09. The highest BCUT2D eigenvalue weighted by atomic mass is 16.3. The maximum atomic E-state index is 12.0. The molecule has 0 radical (unpaired) electrons. The molecule has 2 nitrogen and oxygen atoms in total. The summed E-state index contributed by atoms with van der Waals surface area (Å²) in [6, 6.07) is 21.2. The summed E-state index contributed by atoms with van der Waals surface area (Å²) in [6.07, 6.45) is 6.12. The van der Waals surface area contributed by atoms with Gasteiger partial charge in [0.05, 0.1) is 0 Å². The van der Waals surface area contributed by atoms with Crippen LogP contribution >= 0.6 is 0 Å². The van der Waals surface area contributed by atoms with Gasteiger partial charge in [0.25, 0.3) is 0 Å². The van der Waals surface area contributed by atoms with Gasteiger partial charge in [0.2, 0.25) is 0 Å². The lowest BCUT2D eigenvalue weighted by Gasteiger charge is -2.47. The van der Waals surface area contributed by atoms with Crippen molar-refractivity contribution >= 4 is 0 Å². The van der Waals surface area contributed by atoms with Crippen LogP contribution in [0.2, 0.25) is 0 Å². The van der Waals surface area contributed by atoms with Gasteiger partial charge in [-0.25, -0.2) is 0 Å². The van der Waals surface area contributed by atoms with Crippen LogP contribution in [0.25, 0.3) is 0 Å². The molecule has 1 N–H and O–H groups in total. The molecular formula is C22H27NO. The van der Waals surface area contributed by atoms with Crippen LogP contribution in [0.5, 0.6) is 0 Å². The van der Waals surface area contributed by atoms with Gasteiger partial charge in [-0.3, -0.25) is 0 Å². The van der Waals surface area contributed by atoms with Crippen LogP contribution in [0.15, 0.2) is 60.7 Å². The van der Waals surface area contributed by atoms with E-state index in [1.165, 1.54) is 25.8 Å². The molecule has 2 fully saturated rings. The van der Waals surface area contributed by atoms with Crippen molar-refractivity contribution in [3.8, 4) is 0 Å². The van der Waals surface area contributed by atoms with E-state index in [0.717, 1.165) is 30.5 Å². The molecule has 2 aromatic rings. The van der Waals surface area contributed by atoms with Gasteiger partial charge in [0, 0.05) is 6.04 Å². The number of rotatable bonds is 3. The van der Waals surface area contributed by atoms with E-state index in [2.05, 4.69) is 29.2 Å². The largest absolute Gasteiger partial charge is 0.380 e. The Kier molecular flexibility index (Phi) is 4.43. The van der Waals surface area contributed by atoms with E-state index in [4.69, 9.17) is 0 Å². The first-order chi connectivity index (χ1) is 11.8. The fraction of sp³-hybridized carbons (Fsp3) is 0.455. The molecule has 24 heavy (non-hydrogen) atoms. The quantitative estimate of drug-likeness (QED) is 0.916. The molecule has 2 heterocycles. The Morgan fingerprint density at radius 3 is 2.04 bits per heavy atom. The van der Waals surface area contributed by atoms with Crippen LogP contribution in [-0.4, -0.2) is 29.1 Å². The molecule has 2 aliphatic heterocycles. The van der Waals surface area contributed by atoms with Crippen LogP contribution < -0.4 is 0 Å². The topological polar surface area (TPSA) is 23.5 Å². The van der Waals surface area contributed by atoms with E-state index >= 15 is 0 Å². The number of fused-ring (bicyclic) bond motifs is 1. The fourth-order valence-corrected chi connectivity index (χ4v) is 4.79. The van der Waals surface area contributed by atoms with E-state index in [1.807, 2.05) is 36.4 Å². The average molecular weight is 321 g/mol. The Bertz CT molecular complexity index is 615. The number of nitrogens with zero attached hydrogens (tertiary/aromatic N) is 1. The van der Waals surface area contributed by atoms with Crippen molar-refractivity contribution in [3.63, 3.8) is 0 Å². The summed E-state index contributed by atoms with van der Waals surface area (Å²) in [6.45, 7) is 2.36. The molecule has 0 aromatic heterocycles. The predicted octanol–water partition coefficient (Wildman–Crippen LogP) is 4.19. The number of hydrogen-bond acceptors (Lipinski definition) is 2. The van der Waals surface area contributed by atoms with Crippen LogP contribution in [0.1, 0.15) is 43.2 Å². The molecule has 2 aromatic carbocycles. The second-order valence-corrected chi connectivity index (χ2v) is 7.41. The van der Waals surface area contributed by atoms with Crippen LogP contribution in [-0.2, 0) is 5.60 Å². The first-order valence-electron chi connectivity index (χ1n) is 9.36. The van der Waals surface area contributed by atoms with Gasteiger partial charge >= 0.3 is 0 Å². The summed E-state index contributed by atoms with van der Waals surface area (Å²) in [4.78, 5) is 2.65. The van der Waals surface area contributed by atoms with Crippen molar-refractivity contribution in [2.24, 2.45) is 5.92 Å². The number of aliphatic hydroxyl groups is 1. The van der Waals surface area contributed by atoms with Gasteiger partial charge in [0.1, 0.15) is 5.60 Å². The average Bonchev–Trinajstić information content (AvgIpc) is 2.68. The van der Waals surface area contributed by atoms with E-state index in [9.17, 15) is 5.11 Å². The SMILES string of the molecule is OC(c1ccccc1)(c1ccccc1)C1CCN2CCCCC2C1. The second kappa shape index (κ2) is 6.70. The maximum Gasteiger partial charge on any atom is 0.117 e. The molecule has 126 valence electrons. The zero-order valence-corrected chi connectivity index (χ0v) is 14.3. The summed E-state index contributed by atoms with van der Waals surface area (Å²) in [7, 11) is 0. The molecule has 4 rings (SSSR count). The Morgan fingerprint density at radius 1 is 0.792 bits per heavy atom. The minimum atomic E-state index is -0.883. The fourth-order valence-electron chi connectivity index (χ4n) is 4.79. The zero-order chi connectivity index (χ0) is 16.4. The maximum absolute atomic E-state index is 12.0. The highest BCUT2D eigenvalue weighted by Gasteiger charge is 2.44. The van der Waals surface area contributed by atoms with Crippen molar-refractivity contribution in [2.45, 2.75) is 43.7 Å². The Balaban J connectivity index is 1.71. The molecule has 0 bridgehead atoms. The molecular weight excluding hydrogens is 294 g/mol. The van der Waals surface area contributed by atoms with Gasteiger partial charge in [-0.1, -0.05) is 67.1 Å². The summed E-state index contributed by atoms with van der Waals surface area (Å²) >= 11 is 0. The van der Waals surface area contributed by atoms with Crippen molar-refractivity contribution in [1.29, 1.82) is 0 Å². The molecule has 2 atom stereocenters. The van der Waals surface area contributed by atoms with Crippen molar-refractivity contribution in [1.82, 2.24) is 4.90 Å². The van der Waals surface area contributed by atoms with E-state index in [0.29, 0.717) is 6.04 Å². The lowest BCUT2D eigenvalue weighted by molar-refractivity contribution is -0.0379. The highest BCUT2D eigenvalue weighted by Crippen LogP contribution is 2.44. The standard InChI is InChI=1S/C22H27NO/c24-22(18-9-3-1-4-10-18,19-11-5-2-6-12-19)20-14-16-23-15-8-7-13-21(23)17-20/h1-6,9-12,20-21,24H,7-8,13-17H2. The van der Waals surface area contributed by atoms with Gasteiger partial charge < -0.3 is 10.0 Å². The normalized spacial score (nSPS) is 25.2. The summed E-state index contributed by atoms with van der Waals surface area (Å²) in [5, 5.41) is 12.0. The number of piperidine rings is 2. The Hall–Kier alpha value is -1.64. The van der Waals surface area contributed by atoms with Crippen LogP contribution in [0.4, 0.5) is 0 Å². The predicted molar refractivity (Wildman–Crippen MR) is 97.8 cm³/mol. The van der Waals surface area contributed by atoms with E-state index in [1.54, 1.807) is 0 Å². The monoisotopic (exact) mass is 321 g/mol. The highest BCUT2D eigenvalue weighted by molar-refractivity contribution is 5.37. The lowest BCUT2D eigenvalue weighted by atomic mass is 9.69. The molecule has 2 saturated heterocycles. The molecule has 0 saturated carbocycles. The minimum Gasteiger partial charge on any atom is -0.380 e. The number of hydrogen-bond donors (Lipinski definition) is 1. The molecule has 0 spiro atoms. The zero-order valence-electron chi connectivity index (χ0n) is 14.3. The Morgan fingerprint density at radius 2 is 1.42 bits per heavy atom. The molecule has 2 unspecified atom stereocenters. The Labute approximate surface area is 145 Å². The van der Waals surface area contributed by atoms with Gasteiger partial charge in [-0.05, 0) is 55.8 Å². The summed E-state index contributed by atoms with van der Waals surface area (Å²) < 4.78 is 0. The van der Waals surface area contributed by atoms with E-state index < -0.39 is 5.60 Å². The second-order valence-electron chi connectivity index (χ2n) is 7.41. The molecule has 2 heteroatoms. The third kappa shape index (κ3) is 2.78. The van der Waals surface area contributed by atoms with Crippen LogP contribution in [0, 0.1) is 5.92 Å².